The maximum atomic E-state index is 12.3. The molecular formula is C17H17ClN2O3. The fraction of sp³-hybridized carbons (Fsp3) is 0.176. The average Bonchev–Trinajstić information content (AvgIpc) is 2.54. The highest BCUT2D eigenvalue weighted by Crippen LogP contribution is 2.25. The quantitative estimate of drug-likeness (QED) is 0.852. The molecule has 3 N–H and O–H groups in total. The Kier molecular flexibility index (Phi) is 5.60. The third kappa shape index (κ3) is 4.47. The van der Waals surface area contributed by atoms with Crippen molar-refractivity contribution in [1.82, 2.24) is 0 Å². The number of para-hydroxylation sites is 1. The summed E-state index contributed by atoms with van der Waals surface area (Å²) in [6.45, 7) is 1.84. The number of hydrogen-bond acceptors (Lipinski definition) is 3. The smallest absolute Gasteiger partial charge is 0.265 e. The number of halogens is 1. The van der Waals surface area contributed by atoms with Gasteiger partial charge >= 0.3 is 0 Å². The van der Waals surface area contributed by atoms with Gasteiger partial charge in [-0.15, -0.1) is 0 Å². The Labute approximate surface area is 139 Å². The summed E-state index contributed by atoms with van der Waals surface area (Å²) in [6, 6.07) is 13.3. The lowest BCUT2D eigenvalue weighted by molar-refractivity contribution is -0.122. The normalized spacial score (nSPS) is 11.6. The SMILES string of the molecule is CCC(Oc1ccccc1Cl)C(=O)Nc1ccc(C(N)=O)cc1. The van der Waals surface area contributed by atoms with E-state index in [0.29, 0.717) is 28.4 Å². The molecule has 0 fully saturated rings. The average molecular weight is 333 g/mol. The number of nitrogens with two attached hydrogens (primary N) is 1. The molecule has 5 nitrogen and oxygen atoms in total. The number of amides is 2. The Bertz CT molecular complexity index is 701. The molecule has 0 spiro atoms. The lowest BCUT2D eigenvalue weighted by atomic mass is 10.2. The van der Waals surface area contributed by atoms with Gasteiger partial charge in [0.05, 0.1) is 5.02 Å². The summed E-state index contributed by atoms with van der Waals surface area (Å²) >= 11 is 6.04. The van der Waals surface area contributed by atoms with Gasteiger partial charge in [0.1, 0.15) is 5.75 Å². The molecule has 0 aliphatic carbocycles. The molecule has 0 radical (unpaired) electrons. The molecule has 2 aromatic rings. The molecule has 0 bridgehead atoms. The lowest BCUT2D eigenvalue weighted by Gasteiger charge is -2.18. The second-order valence-corrected chi connectivity index (χ2v) is 5.28. The maximum Gasteiger partial charge on any atom is 0.265 e. The van der Waals surface area contributed by atoms with Crippen molar-refractivity contribution in [2.45, 2.75) is 19.4 Å². The van der Waals surface area contributed by atoms with Crippen LogP contribution in [0.1, 0.15) is 23.7 Å². The van der Waals surface area contributed by atoms with E-state index in [9.17, 15) is 9.59 Å². The molecule has 0 aliphatic heterocycles. The van der Waals surface area contributed by atoms with Gasteiger partial charge in [-0.05, 0) is 42.8 Å². The maximum absolute atomic E-state index is 12.3. The minimum Gasteiger partial charge on any atom is -0.479 e. The number of primary amides is 1. The Morgan fingerprint density at radius 1 is 1.17 bits per heavy atom. The van der Waals surface area contributed by atoms with Gasteiger partial charge < -0.3 is 15.8 Å². The standard InChI is InChI=1S/C17H17ClN2O3/c1-2-14(23-15-6-4-3-5-13(15)18)17(22)20-12-9-7-11(8-10-12)16(19)21/h3-10,14H,2H2,1H3,(H2,19,21)(H,20,22). The molecule has 6 heteroatoms. The largest absolute Gasteiger partial charge is 0.479 e. The highest BCUT2D eigenvalue weighted by atomic mass is 35.5. The van der Waals surface area contributed by atoms with Crippen LogP contribution in [0.3, 0.4) is 0 Å². The van der Waals surface area contributed by atoms with E-state index in [1.165, 1.54) is 0 Å². The number of benzene rings is 2. The van der Waals surface area contributed by atoms with E-state index in [4.69, 9.17) is 22.1 Å². The van der Waals surface area contributed by atoms with Crippen molar-refractivity contribution in [3.05, 3.63) is 59.1 Å². The number of ether oxygens (including phenoxy) is 1. The van der Waals surface area contributed by atoms with Crippen molar-refractivity contribution in [2.75, 3.05) is 5.32 Å². The van der Waals surface area contributed by atoms with Crippen molar-refractivity contribution >= 4 is 29.1 Å². The Morgan fingerprint density at radius 3 is 2.39 bits per heavy atom. The van der Waals surface area contributed by atoms with Crippen LogP contribution >= 0.6 is 11.6 Å². The molecule has 1 atom stereocenters. The second kappa shape index (κ2) is 7.65. The van der Waals surface area contributed by atoms with E-state index in [2.05, 4.69) is 5.32 Å². The van der Waals surface area contributed by atoms with Gasteiger partial charge in [0.15, 0.2) is 6.10 Å². The first-order valence-corrected chi connectivity index (χ1v) is 7.51. The van der Waals surface area contributed by atoms with Crippen LogP contribution in [-0.2, 0) is 4.79 Å². The molecule has 0 aliphatic rings. The zero-order valence-electron chi connectivity index (χ0n) is 12.6. The van der Waals surface area contributed by atoms with E-state index in [1.54, 1.807) is 48.5 Å². The summed E-state index contributed by atoms with van der Waals surface area (Å²) in [6.07, 6.45) is -0.193. The van der Waals surface area contributed by atoms with E-state index >= 15 is 0 Å². The fourth-order valence-electron chi connectivity index (χ4n) is 1.96. The molecule has 0 saturated heterocycles. The van der Waals surface area contributed by atoms with Gasteiger partial charge in [-0.3, -0.25) is 9.59 Å². The minimum absolute atomic E-state index is 0.292. The Morgan fingerprint density at radius 2 is 1.83 bits per heavy atom. The van der Waals surface area contributed by atoms with Gasteiger partial charge in [0, 0.05) is 11.3 Å². The van der Waals surface area contributed by atoms with E-state index in [1.807, 2.05) is 6.92 Å². The van der Waals surface area contributed by atoms with Crippen molar-refractivity contribution in [2.24, 2.45) is 5.73 Å². The van der Waals surface area contributed by atoms with Crippen LogP contribution in [0, 0.1) is 0 Å². The van der Waals surface area contributed by atoms with Crippen molar-refractivity contribution in [3.63, 3.8) is 0 Å². The predicted molar refractivity (Wildman–Crippen MR) is 89.7 cm³/mol. The van der Waals surface area contributed by atoms with Crippen LogP contribution < -0.4 is 15.8 Å². The summed E-state index contributed by atoms with van der Waals surface area (Å²) in [4.78, 5) is 23.3. The van der Waals surface area contributed by atoms with Crippen molar-refractivity contribution < 1.29 is 14.3 Å². The summed E-state index contributed by atoms with van der Waals surface area (Å²) < 4.78 is 5.67. The first kappa shape index (κ1) is 16.8. The van der Waals surface area contributed by atoms with E-state index < -0.39 is 12.0 Å². The van der Waals surface area contributed by atoms with Crippen LogP contribution in [-0.4, -0.2) is 17.9 Å². The molecule has 0 aromatic heterocycles. The van der Waals surface area contributed by atoms with E-state index in [0.717, 1.165) is 0 Å². The lowest BCUT2D eigenvalue weighted by Crippen LogP contribution is -2.32. The molecule has 120 valence electrons. The number of nitrogens with one attached hydrogen (secondary N) is 1. The number of rotatable bonds is 6. The van der Waals surface area contributed by atoms with Crippen molar-refractivity contribution in [3.8, 4) is 5.75 Å². The zero-order chi connectivity index (χ0) is 16.8. The Hall–Kier alpha value is -2.53. The zero-order valence-corrected chi connectivity index (χ0v) is 13.3. The van der Waals surface area contributed by atoms with Gasteiger partial charge in [0.2, 0.25) is 5.91 Å². The number of carbonyl (C=O) groups excluding carboxylic acids is 2. The molecule has 23 heavy (non-hydrogen) atoms. The molecule has 0 saturated carbocycles. The molecular weight excluding hydrogens is 316 g/mol. The highest BCUT2D eigenvalue weighted by Gasteiger charge is 2.19. The number of hydrogen-bond donors (Lipinski definition) is 2. The fourth-order valence-corrected chi connectivity index (χ4v) is 2.14. The third-order valence-corrected chi connectivity index (χ3v) is 3.52. The van der Waals surface area contributed by atoms with Crippen LogP contribution in [0.15, 0.2) is 48.5 Å². The van der Waals surface area contributed by atoms with Crippen LogP contribution in [0.2, 0.25) is 5.02 Å². The minimum atomic E-state index is -0.675. The van der Waals surface area contributed by atoms with Crippen LogP contribution in [0.5, 0.6) is 5.75 Å². The molecule has 1 unspecified atom stereocenters. The number of anilines is 1. The number of carbonyl (C=O) groups is 2. The summed E-state index contributed by atoms with van der Waals surface area (Å²) in [7, 11) is 0. The van der Waals surface area contributed by atoms with Crippen LogP contribution in [0.25, 0.3) is 0 Å². The second-order valence-electron chi connectivity index (χ2n) is 4.88. The van der Waals surface area contributed by atoms with Crippen molar-refractivity contribution in [1.29, 1.82) is 0 Å². The third-order valence-electron chi connectivity index (χ3n) is 3.21. The molecule has 2 aromatic carbocycles. The van der Waals surface area contributed by atoms with Gasteiger partial charge in [0.25, 0.3) is 5.91 Å². The van der Waals surface area contributed by atoms with Gasteiger partial charge in [-0.25, -0.2) is 0 Å². The van der Waals surface area contributed by atoms with E-state index in [-0.39, 0.29) is 5.91 Å². The molecule has 2 rings (SSSR count). The monoisotopic (exact) mass is 332 g/mol. The van der Waals surface area contributed by atoms with Gasteiger partial charge in [-0.1, -0.05) is 30.7 Å². The molecule has 2 amide bonds. The first-order chi connectivity index (χ1) is 11.0. The predicted octanol–water partition coefficient (Wildman–Crippen LogP) is 3.24. The summed E-state index contributed by atoms with van der Waals surface area (Å²) in [5.41, 5.74) is 6.11. The highest BCUT2D eigenvalue weighted by molar-refractivity contribution is 6.32. The Balaban J connectivity index is 2.05. The molecule has 0 heterocycles. The summed E-state index contributed by atoms with van der Waals surface area (Å²) in [5, 5.41) is 3.19. The van der Waals surface area contributed by atoms with Crippen LogP contribution in [0.4, 0.5) is 5.69 Å². The summed E-state index contributed by atoms with van der Waals surface area (Å²) in [5.74, 6) is -0.351. The topological polar surface area (TPSA) is 81.4 Å². The van der Waals surface area contributed by atoms with Gasteiger partial charge in [-0.2, -0.15) is 0 Å². The first-order valence-electron chi connectivity index (χ1n) is 7.13.